The lowest BCUT2D eigenvalue weighted by atomic mass is 10.0. The van der Waals surface area contributed by atoms with Crippen LogP contribution >= 0.6 is 30.9 Å². The Kier molecular flexibility index (Phi) is 35.7. The molecule has 1 rings (SSSR count). The zero-order valence-corrected chi connectivity index (χ0v) is 37.9. The molecule has 0 aliphatic heterocycles. The summed E-state index contributed by atoms with van der Waals surface area (Å²) in [6.07, 6.45) is 31.4. The number of rotatable bonds is 41. The van der Waals surface area contributed by atoms with Crippen LogP contribution in [0.5, 0.6) is 5.75 Å². The average molecular weight is 849 g/mol. The van der Waals surface area contributed by atoms with Gasteiger partial charge in [-0.1, -0.05) is 186 Å². The Labute approximate surface area is 352 Å². The van der Waals surface area contributed by atoms with E-state index in [0.717, 1.165) is 38.5 Å². The van der Waals surface area contributed by atoms with E-state index in [1.807, 2.05) is 6.07 Å². The molecule has 11 heteroatoms. The van der Waals surface area contributed by atoms with Gasteiger partial charge in [-0.3, -0.25) is 14.1 Å². The number of ether oxygens (including phenoxy) is 2. The largest absolute Gasteiger partial charge is 0.462 e. The molecule has 8 nitrogen and oxygen atoms in total. The predicted molar refractivity (Wildman–Crippen MR) is 235 cm³/mol. The van der Waals surface area contributed by atoms with Gasteiger partial charge in [-0.15, -0.1) is 23.2 Å². The molecular weight excluding hydrogens is 768 g/mol. The fourth-order valence-electron chi connectivity index (χ4n) is 6.70. The fraction of sp³-hybridized carbons (Fsp3) is 0.822. The van der Waals surface area contributed by atoms with Crippen molar-refractivity contribution >= 4 is 42.9 Å². The molecule has 2 atom stereocenters. The number of nitrogens with zero attached hydrogens (tertiary/aromatic N) is 1. The summed E-state index contributed by atoms with van der Waals surface area (Å²) in [5, 5.41) is 0. The van der Waals surface area contributed by atoms with E-state index >= 15 is 0 Å². The number of hydrogen-bond donors (Lipinski definition) is 0. The standard InChI is InChI=1S/C45H80Cl2NO7P/c1-3-5-7-9-11-13-15-17-19-21-23-25-30-34-44(49)52-40-43(54-45(50)35-31-26-24-22-20-18-16-14-12-10-8-6-4-2)41-53-56(51,48(38-36-46)39-37-47)55-42-32-28-27-29-33-42/h27-29,32-33,43H,3-26,30-31,34-41H2,1-2H3/t43-,56+/m0/s1. The van der Waals surface area contributed by atoms with Crippen LogP contribution < -0.4 is 4.52 Å². The van der Waals surface area contributed by atoms with Crippen molar-refractivity contribution in [1.29, 1.82) is 0 Å². The van der Waals surface area contributed by atoms with E-state index in [1.165, 1.54) is 133 Å². The molecule has 0 amide bonds. The lowest BCUT2D eigenvalue weighted by Gasteiger charge is -2.30. The Bertz CT molecular complexity index is 1090. The maximum atomic E-state index is 14.3. The van der Waals surface area contributed by atoms with Crippen molar-refractivity contribution in [3.63, 3.8) is 0 Å². The molecule has 0 radical (unpaired) electrons. The van der Waals surface area contributed by atoms with Crippen molar-refractivity contribution in [1.82, 2.24) is 4.67 Å². The molecule has 0 aromatic heterocycles. The number of hydrogen-bond acceptors (Lipinski definition) is 7. The van der Waals surface area contributed by atoms with Crippen LogP contribution in [0.25, 0.3) is 0 Å². The number of halogens is 2. The molecule has 0 bridgehead atoms. The Balaban J connectivity index is 2.60. The normalized spacial score (nSPS) is 13.1. The maximum absolute atomic E-state index is 14.3. The Morgan fingerprint density at radius 2 is 0.964 bits per heavy atom. The zero-order valence-electron chi connectivity index (χ0n) is 35.5. The Hall–Kier alpha value is -1.31. The van der Waals surface area contributed by atoms with Crippen LogP contribution in [0.1, 0.15) is 194 Å². The first-order valence-electron chi connectivity index (χ1n) is 22.6. The topological polar surface area (TPSA) is 91.4 Å². The maximum Gasteiger partial charge on any atom is 0.461 e. The second-order valence-electron chi connectivity index (χ2n) is 15.3. The van der Waals surface area contributed by atoms with Crippen LogP contribution in [-0.2, 0) is 28.2 Å². The molecule has 0 saturated heterocycles. The summed E-state index contributed by atoms with van der Waals surface area (Å²) < 4.78 is 39.0. The number of esters is 2. The monoisotopic (exact) mass is 848 g/mol. The quantitative estimate of drug-likeness (QED) is 0.0278. The lowest BCUT2D eigenvalue weighted by molar-refractivity contribution is -0.161. The van der Waals surface area contributed by atoms with Crippen molar-refractivity contribution in [2.24, 2.45) is 0 Å². The van der Waals surface area contributed by atoms with Gasteiger partial charge >= 0.3 is 19.7 Å². The number of carbonyl (C=O) groups is 2. The minimum absolute atomic E-state index is 0.177. The summed E-state index contributed by atoms with van der Waals surface area (Å²) in [5.41, 5.74) is 0. The molecule has 0 aliphatic carbocycles. The van der Waals surface area contributed by atoms with Crippen LogP contribution in [0.4, 0.5) is 0 Å². The number of alkyl halides is 2. The molecule has 0 heterocycles. The third-order valence-corrected chi connectivity index (χ3v) is 12.5. The van der Waals surface area contributed by atoms with Gasteiger partial charge in [0.1, 0.15) is 12.4 Å². The molecule has 326 valence electrons. The van der Waals surface area contributed by atoms with Gasteiger partial charge in [-0.05, 0) is 25.0 Å². The highest BCUT2D eigenvalue weighted by Gasteiger charge is 2.36. The van der Waals surface area contributed by atoms with E-state index in [2.05, 4.69) is 13.8 Å². The second kappa shape index (κ2) is 37.9. The van der Waals surface area contributed by atoms with Gasteiger partial charge in [0.05, 0.1) is 6.61 Å². The minimum atomic E-state index is -3.99. The van der Waals surface area contributed by atoms with Gasteiger partial charge in [-0.25, -0.2) is 4.57 Å². The molecule has 56 heavy (non-hydrogen) atoms. The van der Waals surface area contributed by atoms with Gasteiger partial charge in [-0.2, -0.15) is 4.67 Å². The molecule has 0 spiro atoms. The summed E-state index contributed by atoms with van der Waals surface area (Å²) in [5.74, 6) is -0.0372. The number of benzene rings is 1. The third-order valence-electron chi connectivity index (χ3n) is 10.1. The fourth-order valence-corrected chi connectivity index (χ4v) is 9.11. The zero-order chi connectivity index (χ0) is 40.8. The van der Waals surface area contributed by atoms with Crippen LogP contribution in [0.2, 0.25) is 0 Å². The van der Waals surface area contributed by atoms with Crippen LogP contribution in [-0.4, -0.2) is 60.8 Å². The van der Waals surface area contributed by atoms with Crippen molar-refractivity contribution in [3.8, 4) is 5.75 Å². The summed E-state index contributed by atoms with van der Waals surface area (Å²) >= 11 is 12.1. The molecule has 0 fully saturated rings. The predicted octanol–water partition coefficient (Wildman–Crippen LogP) is 14.4. The molecular formula is C45H80Cl2NO7P. The molecule has 1 aromatic carbocycles. The first-order valence-corrected chi connectivity index (χ1v) is 25.2. The highest BCUT2D eigenvalue weighted by Crippen LogP contribution is 2.52. The molecule has 0 aliphatic rings. The van der Waals surface area contributed by atoms with Crippen molar-refractivity contribution < 1.29 is 32.7 Å². The minimum Gasteiger partial charge on any atom is -0.462 e. The van der Waals surface area contributed by atoms with Gasteiger partial charge < -0.3 is 14.0 Å². The SMILES string of the molecule is CCCCCCCCCCCCCCCC(=O)OC[C@@H](CO[P@@](=O)(Oc1ccccc1)N(CCCl)CCCl)OC(=O)CCCCCCCCCCCCCCC. The number of para-hydroxylation sites is 1. The molecule has 0 unspecified atom stereocenters. The lowest BCUT2D eigenvalue weighted by Crippen LogP contribution is -2.33. The highest BCUT2D eigenvalue weighted by atomic mass is 35.5. The van der Waals surface area contributed by atoms with Gasteiger partial charge in [0.25, 0.3) is 0 Å². The second-order valence-corrected chi connectivity index (χ2v) is 18.0. The van der Waals surface area contributed by atoms with Crippen molar-refractivity contribution in [2.75, 3.05) is 38.1 Å². The van der Waals surface area contributed by atoms with Gasteiger partial charge in [0.15, 0.2) is 6.10 Å². The smallest absolute Gasteiger partial charge is 0.461 e. The van der Waals surface area contributed by atoms with Gasteiger partial charge in [0, 0.05) is 37.7 Å². The van der Waals surface area contributed by atoms with E-state index in [1.54, 1.807) is 24.3 Å². The van der Waals surface area contributed by atoms with E-state index in [-0.39, 0.29) is 50.5 Å². The van der Waals surface area contributed by atoms with Crippen LogP contribution in [0, 0.1) is 0 Å². The van der Waals surface area contributed by atoms with Gasteiger partial charge in [0.2, 0.25) is 0 Å². The van der Waals surface area contributed by atoms with Crippen molar-refractivity contribution in [2.45, 2.75) is 200 Å². The van der Waals surface area contributed by atoms with Crippen molar-refractivity contribution in [3.05, 3.63) is 30.3 Å². The van der Waals surface area contributed by atoms with E-state index in [0.29, 0.717) is 12.2 Å². The highest BCUT2D eigenvalue weighted by molar-refractivity contribution is 7.51. The van der Waals surface area contributed by atoms with E-state index in [4.69, 9.17) is 41.7 Å². The first kappa shape index (κ1) is 52.7. The average Bonchev–Trinajstić information content (AvgIpc) is 3.19. The van der Waals surface area contributed by atoms with E-state index < -0.39 is 19.8 Å². The first-order chi connectivity index (χ1) is 27.4. The number of unbranched alkanes of at least 4 members (excludes halogenated alkanes) is 24. The third kappa shape index (κ3) is 29.8. The summed E-state index contributed by atoms with van der Waals surface area (Å²) in [4.78, 5) is 25.7. The summed E-state index contributed by atoms with van der Waals surface area (Å²) in [6, 6.07) is 8.73. The molecule has 0 N–H and O–H groups in total. The van der Waals surface area contributed by atoms with Crippen LogP contribution in [0.15, 0.2) is 30.3 Å². The molecule has 1 aromatic rings. The summed E-state index contributed by atoms with van der Waals surface area (Å²) in [7, 11) is -3.99. The molecule has 0 saturated carbocycles. The Morgan fingerprint density at radius 3 is 1.38 bits per heavy atom. The van der Waals surface area contributed by atoms with Crippen LogP contribution in [0.3, 0.4) is 0 Å². The summed E-state index contributed by atoms with van der Waals surface area (Å²) in [6.45, 7) is 4.43. The number of carbonyl (C=O) groups excluding carboxylic acids is 2. The van der Waals surface area contributed by atoms with E-state index in [9.17, 15) is 14.2 Å². The Morgan fingerprint density at radius 1 is 0.571 bits per heavy atom.